The third kappa shape index (κ3) is 6.55. The van der Waals surface area contributed by atoms with Crippen LogP contribution in [0.4, 0.5) is 0 Å². The normalized spacial score (nSPS) is 15.9. The fraction of sp³-hybridized carbons (Fsp3) is 0.286. The Morgan fingerprint density at radius 1 is 1.27 bits per heavy atom. The molecule has 30 heavy (non-hydrogen) atoms. The maximum Gasteiger partial charge on any atom is 0.329 e. The van der Waals surface area contributed by atoms with Crippen LogP contribution in [0.5, 0.6) is 5.75 Å². The van der Waals surface area contributed by atoms with E-state index in [9.17, 15) is 9.59 Å². The molecule has 7 nitrogen and oxygen atoms in total. The lowest BCUT2D eigenvalue weighted by molar-refractivity contribution is -0.139. The van der Waals surface area contributed by atoms with Crippen LogP contribution in [-0.4, -0.2) is 37.3 Å². The molecule has 1 aliphatic heterocycles. The van der Waals surface area contributed by atoms with Gasteiger partial charge in [-0.25, -0.2) is 5.43 Å². The molecule has 0 aliphatic carbocycles. The Morgan fingerprint density at radius 2 is 2.10 bits per heavy atom. The van der Waals surface area contributed by atoms with Crippen LogP contribution in [0.25, 0.3) is 0 Å². The van der Waals surface area contributed by atoms with Gasteiger partial charge in [0.2, 0.25) is 0 Å². The van der Waals surface area contributed by atoms with Crippen LogP contribution in [0.3, 0.4) is 0 Å². The van der Waals surface area contributed by atoms with Gasteiger partial charge in [0.1, 0.15) is 12.4 Å². The van der Waals surface area contributed by atoms with Gasteiger partial charge < -0.3 is 14.8 Å². The summed E-state index contributed by atoms with van der Waals surface area (Å²) in [5, 5.41) is 7.03. The number of rotatable bonds is 7. The molecule has 2 N–H and O–H groups in total. The zero-order chi connectivity index (χ0) is 21.3. The summed E-state index contributed by atoms with van der Waals surface area (Å²) in [5.41, 5.74) is 3.69. The lowest BCUT2D eigenvalue weighted by atomic mass is 10.2. The van der Waals surface area contributed by atoms with E-state index in [2.05, 4.69) is 31.8 Å². The lowest BCUT2D eigenvalue weighted by Crippen LogP contribution is -2.41. The average molecular weight is 495 g/mol. The van der Waals surface area contributed by atoms with Crippen LogP contribution in [0.15, 0.2) is 52.0 Å². The number of ether oxygens (including phenoxy) is 2. The highest BCUT2D eigenvalue weighted by molar-refractivity contribution is 9.10. The van der Waals surface area contributed by atoms with Gasteiger partial charge in [-0.15, -0.1) is 0 Å². The van der Waals surface area contributed by atoms with Gasteiger partial charge in [-0.1, -0.05) is 45.7 Å². The number of halogens is 2. The average Bonchev–Trinajstić information content (AvgIpc) is 3.26. The Kier molecular flexibility index (Phi) is 8.24. The van der Waals surface area contributed by atoms with Crippen molar-refractivity contribution in [1.29, 1.82) is 0 Å². The summed E-state index contributed by atoms with van der Waals surface area (Å²) in [4.78, 5) is 23.8. The summed E-state index contributed by atoms with van der Waals surface area (Å²) in [6.45, 7) is 1.27. The van der Waals surface area contributed by atoms with Gasteiger partial charge in [-0.05, 0) is 37.1 Å². The van der Waals surface area contributed by atoms with E-state index in [1.165, 1.54) is 6.21 Å². The molecule has 1 aliphatic rings. The molecule has 0 bridgehead atoms. The second kappa shape index (κ2) is 11.1. The molecule has 9 heteroatoms. The summed E-state index contributed by atoms with van der Waals surface area (Å²) in [5.74, 6) is -1.05. The standard InChI is InChI=1S/C21H21BrClN3O4/c22-16-7-8-19(30-13-14-4-1-2-6-18(14)23)15(10-16)11-25-26-21(28)20(27)24-12-17-5-3-9-29-17/h1-2,4,6-8,10-11,17H,3,5,9,12-13H2,(H,24,27)(H,26,28)/b25-11-/t17-/m1/s1. The molecule has 0 unspecified atom stereocenters. The van der Waals surface area contributed by atoms with E-state index in [1.54, 1.807) is 18.2 Å². The molecule has 3 rings (SSSR count). The number of carbonyl (C=O) groups is 2. The summed E-state index contributed by atoms with van der Waals surface area (Å²) in [6.07, 6.45) is 3.22. The van der Waals surface area contributed by atoms with Gasteiger partial charge in [0, 0.05) is 33.8 Å². The van der Waals surface area contributed by atoms with E-state index in [4.69, 9.17) is 21.1 Å². The third-order valence-corrected chi connectivity index (χ3v) is 5.27. The molecular formula is C21H21BrClN3O4. The van der Waals surface area contributed by atoms with Crippen molar-refractivity contribution >= 4 is 45.6 Å². The Balaban J connectivity index is 1.56. The Morgan fingerprint density at radius 3 is 2.87 bits per heavy atom. The molecule has 1 heterocycles. The molecule has 158 valence electrons. The summed E-state index contributed by atoms with van der Waals surface area (Å²) in [7, 11) is 0. The quantitative estimate of drug-likeness (QED) is 0.351. The monoisotopic (exact) mass is 493 g/mol. The van der Waals surface area contributed by atoms with E-state index < -0.39 is 11.8 Å². The summed E-state index contributed by atoms with van der Waals surface area (Å²) < 4.78 is 12.1. The molecule has 0 spiro atoms. The van der Waals surface area contributed by atoms with Crippen LogP contribution in [0, 0.1) is 0 Å². The number of carbonyl (C=O) groups excluding carboxylic acids is 2. The maximum absolute atomic E-state index is 11.9. The van der Waals surface area contributed by atoms with Gasteiger partial charge >= 0.3 is 11.8 Å². The van der Waals surface area contributed by atoms with E-state index in [0.29, 0.717) is 29.5 Å². The van der Waals surface area contributed by atoms with Crippen molar-refractivity contribution in [1.82, 2.24) is 10.7 Å². The predicted octanol–water partition coefficient (Wildman–Crippen LogP) is 3.43. The Labute approximate surface area is 187 Å². The first-order valence-electron chi connectivity index (χ1n) is 9.41. The van der Waals surface area contributed by atoms with Crippen LogP contribution in [-0.2, 0) is 20.9 Å². The van der Waals surface area contributed by atoms with Crippen molar-refractivity contribution in [3.05, 3.63) is 63.1 Å². The van der Waals surface area contributed by atoms with Crippen LogP contribution in [0.2, 0.25) is 5.02 Å². The molecule has 1 atom stereocenters. The molecule has 0 saturated carbocycles. The van der Waals surface area contributed by atoms with Gasteiger partial charge in [0.25, 0.3) is 0 Å². The second-order valence-electron chi connectivity index (χ2n) is 6.61. The number of amides is 2. The number of hydrogen-bond acceptors (Lipinski definition) is 5. The fourth-order valence-electron chi connectivity index (χ4n) is 2.83. The molecule has 1 saturated heterocycles. The highest BCUT2D eigenvalue weighted by atomic mass is 79.9. The van der Waals surface area contributed by atoms with Crippen molar-refractivity contribution < 1.29 is 19.1 Å². The molecule has 0 aromatic heterocycles. The minimum atomic E-state index is -0.849. The second-order valence-corrected chi connectivity index (χ2v) is 7.93. The SMILES string of the molecule is O=C(NC[C@H]1CCCO1)C(=O)N/N=C\c1cc(Br)ccc1OCc1ccccc1Cl. The van der Waals surface area contributed by atoms with Gasteiger partial charge in [0.05, 0.1) is 12.3 Å². The van der Waals surface area contributed by atoms with Crippen molar-refractivity contribution in [3.8, 4) is 5.75 Å². The minimum absolute atomic E-state index is 0.0373. The number of nitrogens with one attached hydrogen (secondary N) is 2. The van der Waals surface area contributed by atoms with E-state index in [1.807, 2.05) is 24.3 Å². The largest absolute Gasteiger partial charge is 0.488 e. The highest BCUT2D eigenvalue weighted by Crippen LogP contribution is 2.24. The molecular weight excluding hydrogens is 474 g/mol. The first-order chi connectivity index (χ1) is 14.5. The van der Waals surface area contributed by atoms with Gasteiger partial charge in [-0.2, -0.15) is 5.10 Å². The van der Waals surface area contributed by atoms with Crippen LogP contribution >= 0.6 is 27.5 Å². The molecule has 0 radical (unpaired) electrons. The van der Waals surface area contributed by atoms with Crippen molar-refractivity contribution in [2.45, 2.75) is 25.6 Å². The summed E-state index contributed by atoms with van der Waals surface area (Å²) in [6, 6.07) is 12.8. The fourth-order valence-corrected chi connectivity index (χ4v) is 3.40. The number of hydrogen-bond donors (Lipinski definition) is 2. The first kappa shape index (κ1) is 22.3. The molecule has 2 aromatic carbocycles. The first-order valence-corrected chi connectivity index (χ1v) is 10.6. The zero-order valence-electron chi connectivity index (χ0n) is 16.1. The van der Waals surface area contributed by atoms with Gasteiger partial charge in [-0.3, -0.25) is 9.59 Å². The highest BCUT2D eigenvalue weighted by Gasteiger charge is 2.19. The molecule has 2 aromatic rings. The Hall–Kier alpha value is -2.42. The lowest BCUT2D eigenvalue weighted by Gasteiger charge is -2.11. The van der Waals surface area contributed by atoms with Crippen LogP contribution < -0.4 is 15.5 Å². The summed E-state index contributed by atoms with van der Waals surface area (Å²) >= 11 is 9.56. The van der Waals surface area contributed by atoms with Crippen molar-refractivity contribution in [2.24, 2.45) is 5.10 Å². The predicted molar refractivity (Wildman–Crippen MR) is 118 cm³/mol. The topological polar surface area (TPSA) is 89.0 Å². The van der Waals surface area contributed by atoms with Crippen molar-refractivity contribution in [3.63, 3.8) is 0 Å². The van der Waals surface area contributed by atoms with Gasteiger partial charge in [0.15, 0.2) is 0 Å². The number of benzene rings is 2. The molecule has 2 amide bonds. The Bertz CT molecular complexity index is 932. The number of hydrazone groups is 1. The third-order valence-electron chi connectivity index (χ3n) is 4.40. The van der Waals surface area contributed by atoms with E-state index >= 15 is 0 Å². The van der Waals surface area contributed by atoms with Crippen LogP contribution in [0.1, 0.15) is 24.0 Å². The molecule has 1 fully saturated rings. The van der Waals surface area contributed by atoms with E-state index in [0.717, 1.165) is 22.9 Å². The maximum atomic E-state index is 11.9. The smallest absolute Gasteiger partial charge is 0.329 e. The number of nitrogens with zero attached hydrogens (tertiary/aromatic N) is 1. The van der Waals surface area contributed by atoms with E-state index in [-0.39, 0.29) is 12.7 Å². The zero-order valence-corrected chi connectivity index (χ0v) is 18.4. The van der Waals surface area contributed by atoms with Crippen molar-refractivity contribution in [2.75, 3.05) is 13.2 Å². The minimum Gasteiger partial charge on any atom is -0.488 e.